The van der Waals surface area contributed by atoms with Crippen LogP contribution >= 0.6 is 23.2 Å². The van der Waals surface area contributed by atoms with Crippen molar-refractivity contribution in [2.24, 2.45) is 0 Å². The van der Waals surface area contributed by atoms with Crippen LogP contribution in [0.5, 0.6) is 0 Å². The number of hydrogen-bond donors (Lipinski definition) is 2. The Morgan fingerprint density at radius 1 is 1.15 bits per heavy atom. The first kappa shape index (κ1) is 16.8. The zero-order chi connectivity index (χ0) is 15.0. The van der Waals surface area contributed by atoms with Gasteiger partial charge in [0.25, 0.3) is 0 Å². The first-order valence-electron chi connectivity index (χ1n) is 5.99. The molecule has 0 unspecified atom stereocenters. The van der Waals surface area contributed by atoms with Crippen molar-refractivity contribution < 1.29 is 14.3 Å². The number of amides is 2. The van der Waals surface area contributed by atoms with Gasteiger partial charge in [-0.3, -0.25) is 9.59 Å². The molecule has 0 saturated heterocycles. The van der Waals surface area contributed by atoms with Crippen LogP contribution in [-0.4, -0.2) is 38.6 Å². The van der Waals surface area contributed by atoms with Crippen LogP contribution in [0.2, 0.25) is 10.0 Å². The van der Waals surface area contributed by atoms with E-state index < -0.39 is 0 Å². The van der Waals surface area contributed by atoms with Crippen LogP contribution in [0.3, 0.4) is 0 Å². The molecule has 0 radical (unpaired) electrons. The minimum atomic E-state index is -0.318. The van der Waals surface area contributed by atoms with E-state index in [1.165, 1.54) is 0 Å². The van der Waals surface area contributed by atoms with Crippen LogP contribution in [0.25, 0.3) is 0 Å². The maximum Gasteiger partial charge on any atom is 0.239 e. The lowest BCUT2D eigenvalue weighted by atomic mass is 10.1. The van der Waals surface area contributed by atoms with Gasteiger partial charge in [-0.05, 0) is 17.7 Å². The van der Waals surface area contributed by atoms with Gasteiger partial charge in [0, 0.05) is 23.7 Å². The molecule has 1 aromatic carbocycles. The van der Waals surface area contributed by atoms with Crippen LogP contribution in [0.15, 0.2) is 18.2 Å². The molecule has 2 N–H and O–H groups in total. The second kappa shape index (κ2) is 8.79. The molecule has 0 aliphatic heterocycles. The first-order chi connectivity index (χ1) is 9.54. The lowest BCUT2D eigenvalue weighted by molar-refractivity contribution is -0.125. The molecule has 0 aromatic heterocycles. The van der Waals surface area contributed by atoms with Crippen molar-refractivity contribution in [2.45, 2.75) is 6.42 Å². The summed E-state index contributed by atoms with van der Waals surface area (Å²) in [7, 11) is 1.54. The molecule has 7 heteroatoms. The minimum absolute atomic E-state index is 0.0316. The van der Waals surface area contributed by atoms with E-state index in [1.54, 1.807) is 25.3 Å². The predicted molar refractivity (Wildman–Crippen MR) is 78.1 cm³/mol. The van der Waals surface area contributed by atoms with Gasteiger partial charge in [0.05, 0.1) is 19.6 Å². The normalized spacial score (nSPS) is 10.2. The Bertz CT molecular complexity index is 460. The number of carbonyl (C=O) groups is 2. The molecule has 0 spiro atoms. The molecule has 0 aliphatic rings. The Balaban J connectivity index is 2.39. The third-order valence-corrected chi connectivity index (χ3v) is 3.18. The van der Waals surface area contributed by atoms with Crippen molar-refractivity contribution in [3.8, 4) is 0 Å². The van der Waals surface area contributed by atoms with Gasteiger partial charge in [0.15, 0.2) is 0 Å². The first-order valence-corrected chi connectivity index (χ1v) is 6.75. The van der Waals surface area contributed by atoms with Gasteiger partial charge in [-0.2, -0.15) is 0 Å². The summed E-state index contributed by atoms with van der Waals surface area (Å²) in [5.74, 6) is -0.595. The lowest BCUT2D eigenvalue weighted by Gasteiger charge is -2.08. The molecule has 0 fully saturated rings. The molecule has 5 nitrogen and oxygen atoms in total. The van der Waals surface area contributed by atoms with E-state index >= 15 is 0 Å². The number of methoxy groups -OCH3 is 1. The van der Waals surface area contributed by atoms with Gasteiger partial charge in [-0.15, -0.1) is 0 Å². The van der Waals surface area contributed by atoms with Gasteiger partial charge in [0.1, 0.15) is 0 Å². The van der Waals surface area contributed by atoms with Crippen LogP contribution in [0.4, 0.5) is 0 Å². The molecule has 2 amide bonds. The maximum atomic E-state index is 11.7. The van der Waals surface area contributed by atoms with Crippen LogP contribution < -0.4 is 10.6 Å². The Morgan fingerprint density at radius 2 is 1.80 bits per heavy atom. The highest BCUT2D eigenvalue weighted by Crippen LogP contribution is 2.24. The average Bonchev–Trinajstić information content (AvgIpc) is 2.41. The Labute approximate surface area is 127 Å². The summed E-state index contributed by atoms with van der Waals surface area (Å²) >= 11 is 11.9. The summed E-state index contributed by atoms with van der Waals surface area (Å²) in [4.78, 5) is 23.1. The SMILES string of the molecule is COCCNC(=O)CNC(=O)Cc1c(Cl)cccc1Cl. The highest BCUT2D eigenvalue weighted by molar-refractivity contribution is 6.36. The Hall–Kier alpha value is -1.30. The van der Waals surface area contributed by atoms with Crippen molar-refractivity contribution in [3.05, 3.63) is 33.8 Å². The van der Waals surface area contributed by atoms with Gasteiger partial charge >= 0.3 is 0 Å². The van der Waals surface area contributed by atoms with E-state index in [0.717, 1.165) is 0 Å². The number of hydrogen-bond acceptors (Lipinski definition) is 3. The summed E-state index contributed by atoms with van der Waals surface area (Å²) in [6.45, 7) is 0.737. The molecule has 0 aliphatic carbocycles. The Morgan fingerprint density at radius 3 is 2.40 bits per heavy atom. The molecule has 0 saturated carbocycles. The van der Waals surface area contributed by atoms with E-state index in [-0.39, 0.29) is 24.8 Å². The smallest absolute Gasteiger partial charge is 0.239 e. The molecule has 0 atom stereocenters. The molecular weight excluding hydrogens is 303 g/mol. The molecule has 1 rings (SSSR count). The number of benzene rings is 1. The molecular formula is C13H16Cl2N2O3. The van der Waals surface area contributed by atoms with Crippen molar-refractivity contribution in [1.82, 2.24) is 10.6 Å². The van der Waals surface area contributed by atoms with Gasteiger partial charge in [-0.1, -0.05) is 29.3 Å². The van der Waals surface area contributed by atoms with E-state index in [9.17, 15) is 9.59 Å². The van der Waals surface area contributed by atoms with E-state index in [1.807, 2.05) is 0 Å². The highest BCUT2D eigenvalue weighted by atomic mass is 35.5. The number of nitrogens with one attached hydrogen (secondary N) is 2. The molecule has 1 aromatic rings. The van der Waals surface area contributed by atoms with Crippen LogP contribution in [0.1, 0.15) is 5.56 Å². The summed E-state index contributed by atoms with van der Waals surface area (Å²) in [5, 5.41) is 5.95. The molecule has 0 heterocycles. The number of carbonyl (C=O) groups excluding carboxylic acids is 2. The molecule has 0 bridgehead atoms. The number of rotatable bonds is 7. The largest absolute Gasteiger partial charge is 0.383 e. The van der Waals surface area contributed by atoms with Crippen molar-refractivity contribution in [1.29, 1.82) is 0 Å². The van der Waals surface area contributed by atoms with Crippen molar-refractivity contribution in [3.63, 3.8) is 0 Å². The van der Waals surface area contributed by atoms with Crippen molar-refractivity contribution >= 4 is 35.0 Å². The third-order valence-electron chi connectivity index (χ3n) is 2.47. The second-order valence-electron chi connectivity index (χ2n) is 4.00. The number of halogens is 2. The summed E-state index contributed by atoms with van der Waals surface area (Å²) in [6.07, 6.45) is 0.0316. The molecule has 110 valence electrons. The average molecular weight is 319 g/mol. The quantitative estimate of drug-likeness (QED) is 0.747. The summed E-state index contributed by atoms with van der Waals surface area (Å²) < 4.78 is 4.79. The molecule has 20 heavy (non-hydrogen) atoms. The van der Waals surface area contributed by atoms with Gasteiger partial charge < -0.3 is 15.4 Å². The predicted octanol–water partition coefficient (Wildman–Crippen LogP) is 1.41. The zero-order valence-corrected chi connectivity index (χ0v) is 12.6. The van der Waals surface area contributed by atoms with Gasteiger partial charge in [0.2, 0.25) is 11.8 Å². The maximum absolute atomic E-state index is 11.7. The van der Waals surface area contributed by atoms with Crippen LogP contribution in [0, 0.1) is 0 Å². The fourth-order valence-electron chi connectivity index (χ4n) is 1.46. The van der Waals surface area contributed by atoms with Crippen LogP contribution in [-0.2, 0) is 20.7 Å². The fourth-order valence-corrected chi connectivity index (χ4v) is 1.99. The van der Waals surface area contributed by atoms with Gasteiger partial charge in [-0.25, -0.2) is 0 Å². The van der Waals surface area contributed by atoms with E-state index in [0.29, 0.717) is 28.8 Å². The third kappa shape index (κ3) is 5.77. The summed E-state index contributed by atoms with van der Waals surface area (Å²) in [6, 6.07) is 5.02. The van der Waals surface area contributed by atoms with E-state index in [4.69, 9.17) is 27.9 Å². The van der Waals surface area contributed by atoms with Crippen molar-refractivity contribution in [2.75, 3.05) is 26.8 Å². The summed E-state index contributed by atoms with van der Waals surface area (Å²) in [5.41, 5.74) is 0.549. The van der Waals surface area contributed by atoms with E-state index in [2.05, 4.69) is 10.6 Å². The highest BCUT2D eigenvalue weighted by Gasteiger charge is 2.11. The lowest BCUT2D eigenvalue weighted by Crippen LogP contribution is -2.38. The topological polar surface area (TPSA) is 67.4 Å². The minimum Gasteiger partial charge on any atom is -0.383 e. The standard InChI is InChI=1S/C13H16Cl2N2O3/c1-20-6-5-16-13(19)8-17-12(18)7-9-10(14)3-2-4-11(9)15/h2-4H,5-8H2,1H3,(H,16,19)(H,17,18). The monoisotopic (exact) mass is 318 g/mol. The fraction of sp³-hybridized carbons (Fsp3) is 0.385. The second-order valence-corrected chi connectivity index (χ2v) is 4.81. The zero-order valence-electron chi connectivity index (χ0n) is 11.0. The Kier molecular flexibility index (Phi) is 7.36. The number of ether oxygens (including phenoxy) is 1.